The average Bonchev–Trinajstić information content (AvgIpc) is 2.83. The third-order valence-electron chi connectivity index (χ3n) is 4.60. The van der Waals surface area contributed by atoms with E-state index in [1.54, 1.807) is 0 Å². The summed E-state index contributed by atoms with van der Waals surface area (Å²) in [4.78, 5) is 8.46. The van der Waals surface area contributed by atoms with Gasteiger partial charge in [0.2, 0.25) is 0 Å². The molecule has 0 radical (unpaired) electrons. The molecule has 0 saturated heterocycles. The van der Waals surface area contributed by atoms with E-state index in [1.165, 1.54) is 41.3 Å². The molecule has 2 heterocycles. The Morgan fingerprint density at radius 2 is 1.95 bits per heavy atom. The molecule has 4 rings (SSSR count). The second-order valence-corrected chi connectivity index (χ2v) is 7.19. The number of allylic oxidation sites excluding steroid dienone is 1. The quantitative estimate of drug-likeness (QED) is 0.804. The van der Waals surface area contributed by atoms with Gasteiger partial charge in [-0.05, 0) is 37.0 Å². The molecular weight excluding hydrogens is 288 g/mol. The van der Waals surface area contributed by atoms with Crippen molar-refractivity contribution in [1.29, 1.82) is 0 Å². The summed E-state index contributed by atoms with van der Waals surface area (Å²) in [5, 5.41) is 2.02. The number of nitrogens with zero attached hydrogens (tertiary/aromatic N) is 2. The predicted molar refractivity (Wildman–Crippen MR) is 86.3 cm³/mol. The molecule has 0 spiro atoms. The molecule has 1 saturated carbocycles. The van der Waals surface area contributed by atoms with E-state index in [0.29, 0.717) is 0 Å². The van der Waals surface area contributed by atoms with Crippen molar-refractivity contribution in [3.05, 3.63) is 46.0 Å². The van der Waals surface area contributed by atoms with Crippen molar-refractivity contribution in [2.45, 2.75) is 31.1 Å². The molecule has 0 aromatic heterocycles. The maximum atomic E-state index is 6.03. The Morgan fingerprint density at radius 3 is 2.60 bits per heavy atom. The normalized spacial score (nSPS) is 23.8. The maximum Gasteiger partial charge on any atom is 0.167 e. The first-order chi connectivity index (χ1) is 9.78. The minimum absolute atomic E-state index is 0.217. The van der Waals surface area contributed by atoms with Gasteiger partial charge >= 0.3 is 0 Å². The molecule has 3 aliphatic rings. The lowest BCUT2D eigenvalue weighted by Gasteiger charge is -2.43. The number of amidine groups is 1. The molecule has 0 N–H and O–H groups in total. The first-order valence-corrected chi connectivity index (χ1v) is 8.45. The smallest absolute Gasteiger partial charge is 0.167 e. The highest BCUT2D eigenvalue weighted by Crippen LogP contribution is 2.55. The number of hydrogen-bond acceptors (Lipinski definition) is 3. The highest BCUT2D eigenvalue weighted by molar-refractivity contribution is 8.17. The van der Waals surface area contributed by atoms with Crippen LogP contribution in [-0.2, 0) is 5.41 Å². The molecule has 1 aromatic rings. The van der Waals surface area contributed by atoms with Crippen LogP contribution < -0.4 is 0 Å². The zero-order chi connectivity index (χ0) is 13.6. The number of fused-ring (bicyclic) bond motifs is 1. The Morgan fingerprint density at radius 1 is 1.15 bits per heavy atom. The number of rotatable bonds is 2. The van der Waals surface area contributed by atoms with Crippen LogP contribution in [0.15, 0.2) is 40.4 Å². The minimum Gasteiger partial charge on any atom is -0.327 e. The van der Waals surface area contributed by atoms with E-state index in [-0.39, 0.29) is 5.41 Å². The Bertz CT molecular complexity index is 587. The van der Waals surface area contributed by atoms with E-state index in [9.17, 15) is 0 Å². The highest BCUT2D eigenvalue weighted by Gasteiger charge is 2.45. The van der Waals surface area contributed by atoms with Crippen LogP contribution in [0.5, 0.6) is 0 Å². The highest BCUT2D eigenvalue weighted by atomic mass is 35.5. The fourth-order valence-corrected chi connectivity index (χ4v) is 4.71. The molecule has 4 heteroatoms. The second kappa shape index (κ2) is 4.81. The van der Waals surface area contributed by atoms with Crippen LogP contribution in [0.1, 0.15) is 31.2 Å². The first-order valence-electron chi connectivity index (χ1n) is 7.25. The monoisotopic (exact) mass is 304 g/mol. The van der Waals surface area contributed by atoms with Gasteiger partial charge in [0.1, 0.15) is 0 Å². The van der Waals surface area contributed by atoms with Gasteiger partial charge in [-0.2, -0.15) is 0 Å². The van der Waals surface area contributed by atoms with Gasteiger partial charge in [-0.3, -0.25) is 4.99 Å². The van der Waals surface area contributed by atoms with Gasteiger partial charge in [0.05, 0.1) is 0 Å². The lowest BCUT2D eigenvalue weighted by molar-refractivity contribution is 0.306. The van der Waals surface area contributed by atoms with Crippen molar-refractivity contribution in [2.75, 3.05) is 13.1 Å². The summed E-state index contributed by atoms with van der Waals surface area (Å²) in [5.74, 6) is 0. The second-order valence-electron chi connectivity index (χ2n) is 5.75. The standard InChI is InChI=1S/C16H17ClN2S/c17-13-5-3-12(4-6-13)16(7-1-8-16)14-11-19-10-2-9-18-15(19)20-14/h3-6,11H,1-2,7-10H2. The summed E-state index contributed by atoms with van der Waals surface area (Å²) in [6, 6.07) is 8.42. The largest absolute Gasteiger partial charge is 0.327 e. The molecule has 1 fully saturated rings. The van der Waals surface area contributed by atoms with Gasteiger partial charge in [-0.15, -0.1) is 0 Å². The van der Waals surface area contributed by atoms with Gasteiger partial charge < -0.3 is 4.90 Å². The Labute approximate surface area is 128 Å². The van der Waals surface area contributed by atoms with E-state index in [2.05, 4.69) is 28.2 Å². The van der Waals surface area contributed by atoms with Crippen LogP contribution in [-0.4, -0.2) is 23.2 Å². The molecular formula is C16H17ClN2S. The third-order valence-corrected chi connectivity index (χ3v) is 6.11. The topological polar surface area (TPSA) is 15.6 Å². The number of halogens is 1. The van der Waals surface area contributed by atoms with Crippen LogP contribution in [0.25, 0.3) is 0 Å². The van der Waals surface area contributed by atoms with Gasteiger partial charge in [-0.25, -0.2) is 0 Å². The molecule has 0 amide bonds. The van der Waals surface area contributed by atoms with Crippen LogP contribution in [0.3, 0.4) is 0 Å². The zero-order valence-electron chi connectivity index (χ0n) is 11.3. The van der Waals surface area contributed by atoms with Crippen molar-refractivity contribution in [3.8, 4) is 0 Å². The number of hydrogen-bond donors (Lipinski definition) is 0. The summed E-state index contributed by atoms with van der Waals surface area (Å²) in [6.45, 7) is 2.10. The number of aliphatic imine (C=N–C) groups is 1. The van der Waals surface area contributed by atoms with Gasteiger partial charge in [0.25, 0.3) is 0 Å². The Balaban J connectivity index is 1.70. The molecule has 0 unspecified atom stereocenters. The van der Waals surface area contributed by atoms with Crippen LogP contribution in [0.4, 0.5) is 0 Å². The van der Waals surface area contributed by atoms with Crippen molar-refractivity contribution >= 4 is 28.5 Å². The maximum absolute atomic E-state index is 6.03. The number of thioether (sulfide) groups is 1. The van der Waals surface area contributed by atoms with E-state index in [0.717, 1.165) is 18.1 Å². The van der Waals surface area contributed by atoms with E-state index < -0.39 is 0 Å². The summed E-state index contributed by atoms with van der Waals surface area (Å²) in [5.41, 5.74) is 1.63. The molecule has 2 nitrogen and oxygen atoms in total. The van der Waals surface area contributed by atoms with E-state index >= 15 is 0 Å². The van der Waals surface area contributed by atoms with Gasteiger partial charge in [-0.1, -0.05) is 41.9 Å². The van der Waals surface area contributed by atoms with Crippen LogP contribution in [0, 0.1) is 0 Å². The minimum atomic E-state index is 0.217. The third kappa shape index (κ3) is 1.91. The lowest BCUT2D eigenvalue weighted by Crippen LogP contribution is -2.35. The van der Waals surface area contributed by atoms with E-state index in [1.807, 2.05) is 23.9 Å². The summed E-state index contributed by atoms with van der Waals surface area (Å²) >= 11 is 7.92. The molecule has 1 aromatic carbocycles. The SMILES string of the molecule is Clc1ccc(C2(C3=CN4CCCN=C4S3)CCC2)cc1. The Kier molecular flexibility index (Phi) is 3.08. The molecule has 2 aliphatic heterocycles. The molecule has 0 bridgehead atoms. The van der Waals surface area contributed by atoms with Crippen molar-refractivity contribution in [3.63, 3.8) is 0 Å². The molecule has 1 aliphatic carbocycles. The van der Waals surface area contributed by atoms with Crippen molar-refractivity contribution in [1.82, 2.24) is 4.90 Å². The molecule has 104 valence electrons. The lowest BCUT2D eigenvalue weighted by atomic mass is 9.64. The molecule has 0 atom stereocenters. The summed E-state index contributed by atoms with van der Waals surface area (Å²) in [6.07, 6.45) is 7.31. The Hall–Kier alpha value is -0.930. The molecule has 20 heavy (non-hydrogen) atoms. The van der Waals surface area contributed by atoms with Gasteiger partial charge in [0, 0.05) is 34.6 Å². The van der Waals surface area contributed by atoms with Crippen molar-refractivity contribution < 1.29 is 0 Å². The van der Waals surface area contributed by atoms with E-state index in [4.69, 9.17) is 11.6 Å². The number of benzene rings is 1. The van der Waals surface area contributed by atoms with Gasteiger partial charge in [0.15, 0.2) is 5.17 Å². The van der Waals surface area contributed by atoms with Crippen LogP contribution in [0.2, 0.25) is 5.02 Å². The predicted octanol–water partition coefficient (Wildman–Crippen LogP) is 4.41. The van der Waals surface area contributed by atoms with Crippen LogP contribution >= 0.6 is 23.4 Å². The fourth-order valence-electron chi connectivity index (χ4n) is 3.28. The van der Waals surface area contributed by atoms with Crippen molar-refractivity contribution in [2.24, 2.45) is 4.99 Å². The summed E-state index contributed by atoms with van der Waals surface area (Å²) in [7, 11) is 0. The zero-order valence-corrected chi connectivity index (χ0v) is 12.9. The summed E-state index contributed by atoms with van der Waals surface area (Å²) < 4.78 is 0. The fraction of sp³-hybridized carbons (Fsp3) is 0.438. The average molecular weight is 305 g/mol. The first kappa shape index (κ1) is 12.8.